The fraction of sp³-hybridized carbons (Fsp3) is 0.227. The number of rotatable bonds is 7. The zero-order chi connectivity index (χ0) is 24.0. The summed E-state index contributed by atoms with van der Waals surface area (Å²) in [4.78, 5) is 19.9. The highest BCUT2D eigenvalue weighted by atomic mass is 32.2. The van der Waals surface area contributed by atoms with Gasteiger partial charge in [-0.15, -0.1) is 4.36 Å². The Kier molecular flexibility index (Phi) is 7.54. The highest BCUT2D eigenvalue weighted by Gasteiger charge is 2.14. The number of hydrogen-bond acceptors (Lipinski definition) is 6. The van der Waals surface area contributed by atoms with Gasteiger partial charge in [-0.3, -0.25) is 0 Å². The third-order valence-electron chi connectivity index (χ3n) is 4.43. The van der Waals surface area contributed by atoms with Crippen molar-refractivity contribution >= 4 is 27.4 Å². The summed E-state index contributed by atoms with van der Waals surface area (Å²) in [5.74, 6) is -0.236. The number of amides is 2. The van der Waals surface area contributed by atoms with E-state index < -0.39 is 27.4 Å². The minimum absolute atomic E-state index is 0.0379. The molecule has 0 radical (unpaired) electrons. The molecule has 174 valence electrons. The van der Waals surface area contributed by atoms with Crippen LogP contribution < -0.4 is 15.4 Å². The summed E-state index contributed by atoms with van der Waals surface area (Å²) < 4.78 is 49.6. The van der Waals surface area contributed by atoms with Gasteiger partial charge in [0, 0.05) is 36.2 Å². The summed E-state index contributed by atoms with van der Waals surface area (Å²) in [7, 11) is -1.44. The molecular formula is C22H23F2N5O3S. The third-order valence-corrected chi connectivity index (χ3v) is 5.85. The van der Waals surface area contributed by atoms with Crippen LogP contribution in [0.25, 0.3) is 11.1 Å². The van der Waals surface area contributed by atoms with E-state index in [0.29, 0.717) is 23.5 Å². The van der Waals surface area contributed by atoms with Crippen molar-refractivity contribution in [2.45, 2.75) is 12.7 Å². The first-order valence-electron chi connectivity index (χ1n) is 9.90. The van der Waals surface area contributed by atoms with Crippen molar-refractivity contribution in [1.82, 2.24) is 15.3 Å². The molecule has 1 atom stereocenters. The number of aromatic nitrogens is 2. The second-order valence-electron chi connectivity index (χ2n) is 7.10. The number of benzene rings is 1. The van der Waals surface area contributed by atoms with Crippen LogP contribution in [0.3, 0.4) is 0 Å². The molecule has 0 aliphatic carbocycles. The molecule has 0 saturated carbocycles. The third kappa shape index (κ3) is 6.45. The van der Waals surface area contributed by atoms with Crippen molar-refractivity contribution < 1.29 is 22.5 Å². The molecule has 2 amide bonds. The fourth-order valence-electron chi connectivity index (χ4n) is 3.07. The van der Waals surface area contributed by atoms with Gasteiger partial charge in [-0.25, -0.2) is 27.8 Å². The van der Waals surface area contributed by atoms with Crippen LogP contribution >= 0.6 is 0 Å². The van der Waals surface area contributed by atoms with E-state index in [-0.39, 0.29) is 22.9 Å². The van der Waals surface area contributed by atoms with Crippen molar-refractivity contribution in [3.8, 4) is 16.9 Å². The van der Waals surface area contributed by atoms with Gasteiger partial charge >= 0.3 is 6.03 Å². The Hall–Kier alpha value is -3.60. The summed E-state index contributed by atoms with van der Waals surface area (Å²) >= 11 is 0. The zero-order valence-electron chi connectivity index (χ0n) is 18.3. The Balaban J connectivity index is 1.86. The second-order valence-corrected chi connectivity index (χ2v) is 9.49. The van der Waals surface area contributed by atoms with Gasteiger partial charge in [-0.05, 0) is 42.8 Å². The molecule has 33 heavy (non-hydrogen) atoms. The summed E-state index contributed by atoms with van der Waals surface area (Å²) in [6.45, 7) is 2.13. The Bertz CT molecular complexity index is 1290. The van der Waals surface area contributed by atoms with E-state index in [1.54, 1.807) is 19.1 Å². The van der Waals surface area contributed by atoms with Crippen LogP contribution in [0.1, 0.15) is 12.5 Å². The first-order valence-corrected chi connectivity index (χ1v) is 12.0. The van der Waals surface area contributed by atoms with Crippen LogP contribution in [0, 0.1) is 11.6 Å². The molecule has 3 rings (SSSR count). The number of halogens is 2. The van der Waals surface area contributed by atoms with Gasteiger partial charge in [0.1, 0.15) is 29.0 Å². The summed E-state index contributed by atoms with van der Waals surface area (Å²) in [6.07, 6.45) is 3.95. The molecule has 8 nitrogen and oxygen atoms in total. The number of nitrogens with zero attached hydrogens (tertiary/aromatic N) is 3. The van der Waals surface area contributed by atoms with Crippen molar-refractivity contribution in [2.75, 3.05) is 25.2 Å². The molecule has 2 heterocycles. The van der Waals surface area contributed by atoms with Gasteiger partial charge in [-0.2, -0.15) is 0 Å². The van der Waals surface area contributed by atoms with E-state index >= 15 is 0 Å². The number of anilines is 2. The van der Waals surface area contributed by atoms with Crippen molar-refractivity contribution in [1.29, 1.82) is 0 Å². The van der Waals surface area contributed by atoms with Gasteiger partial charge < -0.3 is 15.4 Å². The minimum Gasteiger partial charge on any atom is -0.496 e. The van der Waals surface area contributed by atoms with Crippen LogP contribution in [0.5, 0.6) is 5.75 Å². The highest BCUT2D eigenvalue weighted by Crippen LogP contribution is 2.33. The van der Waals surface area contributed by atoms with E-state index in [0.717, 1.165) is 6.20 Å². The maximum Gasteiger partial charge on any atom is 0.349 e. The van der Waals surface area contributed by atoms with E-state index in [1.807, 2.05) is 0 Å². The maximum absolute atomic E-state index is 14.5. The molecular weight excluding hydrogens is 452 g/mol. The van der Waals surface area contributed by atoms with Crippen molar-refractivity contribution in [3.63, 3.8) is 0 Å². The molecule has 0 fully saturated rings. The molecule has 1 aromatic carbocycles. The van der Waals surface area contributed by atoms with Crippen molar-refractivity contribution in [3.05, 3.63) is 66.0 Å². The molecule has 3 aromatic rings. The van der Waals surface area contributed by atoms with E-state index in [1.165, 1.54) is 43.8 Å². The summed E-state index contributed by atoms with van der Waals surface area (Å²) in [6, 6.07) is 7.93. The smallest absolute Gasteiger partial charge is 0.349 e. The van der Waals surface area contributed by atoms with E-state index in [9.17, 15) is 17.8 Å². The van der Waals surface area contributed by atoms with Gasteiger partial charge in [0.25, 0.3) is 0 Å². The monoisotopic (exact) mass is 475 g/mol. The molecule has 0 spiro atoms. The highest BCUT2D eigenvalue weighted by molar-refractivity contribution is 7.92. The Labute approximate surface area is 190 Å². The van der Waals surface area contributed by atoms with E-state index in [4.69, 9.17) is 4.74 Å². The van der Waals surface area contributed by atoms with Gasteiger partial charge in [0.2, 0.25) is 0 Å². The van der Waals surface area contributed by atoms with Gasteiger partial charge in [-0.1, -0.05) is 0 Å². The first-order chi connectivity index (χ1) is 15.7. The average Bonchev–Trinajstić information content (AvgIpc) is 2.75. The quantitative estimate of drug-likeness (QED) is 0.521. The summed E-state index contributed by atoms with van der Waals surface area (Å²) in [5.41, 5.74) is 1.16. The summed E-state index contributed by atoms with van der Waals surface area (Å²) in [5, 5.41) is 5.46. The number of methoxy groups -OCH3 is 1. The number of ether oxygens (including phenoxy) is 1. The fourth-order valence-corrected chi connectivity index (χ4v) is 4.34. The predicted octanol–water partition coefficient (Wildman–Crippen LogP) is 4.50. The number of urea groups is 1. The van der Waals surface area contributed by atoms with E-state index in [2.05, 4.69) is 25.0 Å². The van der Waals surface area contributed by atoms with Crippen LogP contribution in [0.4, 0.5) is 25.2 Å². The SMILES string of the molecule is CCNC(=O)N=S(C)(=O)Cc1ccnc(Nc2cc(-c3ccc(F)cc3OC)c(F)cn2)c1. The standard InChI is InChI=1S/C22H23F2N5O3S/c1-4-25-22(30)29-33(3,31)13-14-7-8-26-20(9-14)28-21-11-17(18(24)12-27-21)16-6-5-15(23)10-19(16)32-2/h5-12H,4,13H2,1-3H3,(H,25,30)(H,26,27,28). The molecule has 0 aliphatic rings. The van der Waals surface area contributed by atoms with Crippen LogP contribution in [0.2, 0.25) is 0 Å². The molecule has 11 heteroatoms. The zero-order valence-corrected chi connectivity index (χ0v) is 19.1. The Morgan fingerprint density at radius 3 is 2.61 bits per heavy atom. The van der Waals surface area contributed by atoms with Crippen LogP contribution in [0.15, 0.2) is 53.2 Å². The number of hydrogen-bond donors (Lipinski definition) is 2. The molecule has 1 unspecified atom stereocenters. The minimum atomic E-state index is -2.81. The number of nitrogens with one attached hydrogen (secondary N) is 2. The normalized spacial score (nSPS) is 12.5. The lowest BCUT2D eigenvalue weighted by atomic mass is 10.0. The number of pyridine rings is 2. The topological polar surface area (TPSA) is 106 Å². The average molecular weight is 476 g/mol. The largest absolute Gasteiger partial charge is 0.496 e. The Morgan fingerprint density at radius 2 is 1.88 bits per heavy atom. The molecule has 2 aromatic heterocycles. The molecule has 0 bridgehead atoms. The maximum atomic E-state index is 14.5. The van der Waals surface area contributed by atoms with Crippen molar-refractivity contribution in [2.24, 2.45) is 4.36 Å². The van der Waals surface area contributed by atoms with Crippen LogP contribution in [-0.2, 0) is 15.5 Å². The molecule has 0 aliphatic heterocycles. The first kappa shape index (κ1) is 24.1. The van der Waals surface area contributed by atoms with Gasteiger partial charge in [0.15, 0.2) is 0 Å². The Morgan fingerprint density at radius 1 is 1.12 bits per heavy atom. The number of carbonyl (C=O) groups excluding carboxylic acids is 1. The van der Waals surface area contributed by atoms with Crippen LogP contribution in [-0.4, -0.2) is 40.1 Å². The lowest BCUT2D eigenvalue weighted by molar-refractivity contribution is 0.250. The second kappa shape index (κ2) is 10.3. The lowest BCUT2D eigenvalue weighted by Crippen LogP contribution is -2.20. The van der Waals surface area contributed by atoms with Gasteiger partial charge in [0.05, 0.1) is 28.8 Å². The molecule has 0 saturated heterocycles. The molecule has 2 N–H and O–H groups in total. The predicted molar refractivity (Wildman–Crippen MR) is 123 cm³/mol. The number of carbonyl (C=O) groups is 1. The lowest BCUT2D eigenvalue weighted by Gasteiger charge is -2.12.